The van der Waals surface area contributed by atoms with Crippen molar-refractivity contribution in [2.45, 2.75) is 12.8 Å². The van der Waals surface area contributed by atoms with Gasteiger partial charge in [0, 0.05) is 17.8 Å². The lowest BCUT2D eigenvalue weighted by Gasteiger charge is -2.19. The molecule has 0 spiro atoms. The van der Waals surface area contributed by atoms with Gasteiger partial charge in [-0.1, -0.05) is 24.3 Å². The number of hydrogen-bond donors (Lipinski definition) is 2. The number of aromatic hydroxyl groups is 1. The van der Waals surface area contributed by atoms with E-state index >= 15 is 0 Å². The normalized spacial score (nSPS) is 15.6. The Bertz CT molecular complexity index is 652. The topological polar surface area (TPSA) is 57.5 Å². The average molecular weight is 267 g/mol. The van der Waals surface area contributed by atoms with Crippen LogP contribution in [-0.4, -0.2) is 29.0 Å². The second kappa shape index (κ2) is 5.33. The van der Waals surface area contributed by atoms with Gasteiger partial charge in [0.1, 0.15) is 11.6 Å². The first-order valence-electron chi connectivity index (χ1n) is 6.75. The van der Waals surface area contributed by atoms with E-state index in [0.29, 0.717) is 0 Å². The minimum absolute atomic E-state index is 0.140. The first kappa shape index (κ1) is 12.7. The molecule has 20 heavy (non-hydrogen) atoms. The Morgan fingerprint density at radius 2 is 2.00 bits per heavy atom. The molecule has 3 rings (SSSR count). The van der Waals surface area contributed by atoms with Gasteiger partial charge in [-0.05, 0) is 25.1 Å². The molecule has 0 bridgehead atoms. The van der Waals surface area contributed by atoms with Gasteiger partial charge in [-0.3, -0.25) is 9.98 Å². The summed E-state index contributed by atoms with van der Waals surface area (Å²) in [6.07, 6.45) is 0. The summed E-state index contributed by atoms with van der Waals surface area (Å²) in [5.41, 5.74) is 2.69. The third-order valence-electron chi connectivity index (χ3n) is 3.43. The number of amidine groups is 1. The predicted molar refractivity (Wildman–Crippen MR) is 79.2 cm³/mol. The number of phenolic OH excluding ortho intramolecular Hbond substituents is 1. The number of benzene rings is 1. The Morgan fingerprint density at radius 3 is 2.70 bits per heavy atom. The molecule has 1 unspecified atom stereocenters. The molecule has 2 heterocycles. The number of nitrogens with one attached hydrogen (secondary N) is 1. The predicted octanol–water partition coefficient (Wildman–Crippen LogP) is 2.23. The zero-order valence-corrected chi connectivity index (χ0v) is 11.4. The fourth-order valence-corrected chi connectivity index (χ4v) is 2.51. The number of aromatic nitrogens is 1. The maximum atomic E-state index is 10.2. The Morgan fingerprint density at radius 1 is 1.15 bits per heavy atom. The summed E-state index contributed by atoms with van der Waals surface area (Å²) in [6, 6.07) is 13.3. The first-order valence-corrected chi connectivity index (χ1v) is 6.75. The van der Waals surface area contributed by atoms with Crippen molar-refractivity contribution in [2.75, 3.05) is 13.1 Å². The van der Waals surface area contributed by atoms with E-state index in [9.17, 15) is 5.11 Å². The van der Waals surface area contributed by atoms with E-state index in [2.05, 4.69) is 15.3 Å². The molecule has 0 amide bonds. The highest BCUT2D eigenvalue weighted by molar-refractivity contribution is 5.93. The van der Waals surface area contributed by atoms with Crippen molar-refractivity contribution in [3.05, 3.63) is 59.4 Å². The van der Waals surface area contributed by atoms with Gasteiger partial charge in [0.2, 0.25) is 0 Å². The second-order valence-corrected chi connectivity index (χ2v) is 4.89. The van der Waals surface area contributed by atoms with E-state index < -0.39 is 0 Å². The minimum Gasteiger partial charge on any atom is -0.508 e. The van der Waals surface area contributed by atoms with E-state index in [0.717, 1.165) is 35.9 Å². The lowest BCUT2D eigenvalue weighted by atomic mass is 9.93. The summed E-state index contributed by atoms with van der Waals surface area (Å²) in [6.45, 7) is 3.58. The minimum atomic E-state index is -0.140. The van der Waals surface area contributed by atoms with Crippen LogP contribution in [0.3, 0.4) is 0 Å². The zero-order valence-electron chi connectivity index (χ0n) is 11.4. The van der Waals surface area contributed by atoms with E-state index in [4.69, 9.17) is 0 Å². The summed E-state index contributed by atoms with van der Waals surface area (Å²) in [7, 11) is 0. The van der Waals surface area contributed by atoms with Crippen molar-refractivity contribution in [1.29, 1.82) is 0 Å². The molecule has 1 aromatic carbocycles. The standard InChI is InChI=1S/C16H17N3O/c1-11-5-4-7-13(19-11)15(16-17-9-10-18-16)12-6-2-3-8-14(12)20/h2-8,15,20H,9-10H2,1H3,(H,17,18). The van der Waals surface area contributed by atoms with Crippen LogP contribution in [0.2, 0.25) is 0 Å². The molecule has 0 saturated heterocycles. The van der Waals surface area contributed by atoms with Gasteiger partial charge in [0.05, 0.1) is 18.2 Å². The molecule has 0 aliphatic carbocycles. The highest BCUT2D eigenvalue weighted by Gasteiger charge is 2.26. The zero-order chi connectivity index (χ0) is 13.9. The third kappa shape index (κ3) is 2.37. The number of para-hydroxylation sites is 1. The van der Waals surface area contributed by atoms with Crippen LogP contribution in [0.5, 0.6) is 5.75 Å². The van der Waals surface area contributed by atoms with Crippen LogP contribution < -0.4 is 5.32 Å². The van der Waals surface area contributed by atoms with Crippen LogP contribution in [0, 0.1) is 6.92 Å². The molecular weight excluding hydrogens is 250 g/mol. The fourth-order valence-electron chi connectivity index (χ4n) is 2.51. The third-order valence-corrected chi connectivity index (χ3v) is 3.43. The molecule has 1 aliphatic heterocycles. The number of rotatable bonds is 3. The second-order valence-electron chi connectivity index (χ2n) is 4.89. The van der Waals surface area contributed by atoms with Gasteiger partial charge in [0.15, 0.2) is 0 Å². The van der Waals surface area contributed by atoms with Crippen molar-refractivity contribution < 1.29 is 5.11 Å². The maximum absolute atomic E-state index is 10.2. The maximum Gasteiger partial charge on any atom is 0.119 e. The number of pyridine rings is 1. The Labute approximate surface area is 118 Å². The van der Waals surface area contributed by atoms with E-state index in [-0.39, 0.29) is 11.7 Å². The molecule has 2 N–H and O–H groups in total. The molecule has 102 valence electrons. The van der Waals surface area contributed by atoms with E-state index in [1.54, 1.807) is 6.07 Å². The summed E-state index contributed by atoms with van der Waals surface area (Å²) in [5, 5.41) is 13.5. The Hall–Kier alpha value is -2.36. The number of aryl methyl sites for hydroxylation is 1. The van der Waals surface area contributed by atoms with Crippen LogP contribution in [-0.2, 0) is 0 Å². The molecule has 0 radical (unpaired) electrons. The molecular formula is C16H17N3O. The lowest BCUT2D eigenvalue weighted by Crippen LogP contribution is -2.27. The van der Waals surface area contributed by atoms with Crippen LogP contribution >= 0.6 is 0 Å². The van der Waals surface area contributed by atoms with E-state index in [1.807, 2.05) is 43.3 Å². The summed E-state index contributed by atoms with van der Waals surface area (Å²) in [4.78, 5) is 9.12. The number of hydrogen-bond acceptors (Lipinski definition) is 4. The molecule has 0 fully saturated rings. The van der Waals surface area contributed by atoms with Crippen LogP contribution in [0.25, 0.3) is 0 Å². The molecule has 1 aliphatic rings. The average Bonchev–Trinajstić information content (AvgIpc) is 2.95. The fraction of sp³-hybridized carbons (Fsp3) is 0.250. The van der Waals surface area contributed by atoms with Crippen molar-refractivity contribution in [3.63, 3.8) is 0 Å². The number of nitrogens with zero attached hydrogens (tertiary/aromatic N) is 2. The highest BCUT2D eigenvalue weighted by atomic mass is 16.3. The van der Waals surface area contributed by atoms with Gasteiger partial charge in [0.25, 0.3) is 0 Å². The van der Waals surface area contributed by atoms with Gasteiger partial charge in [-0.2, -0.15) is 0 Å². The van der Waals surface area contributed by atoms with Crippen molar-refractivity contribution >= 4 is 5.84 Å². The molecule has 1 atom stereocenters. The largest absolute Gasteiger partial charge is 0.508 e. The van der Waals surface area contributed by atoms with Crippen LogP contribution in [0.4, 0.5) is 0 Å². The monoisotopic (exact) mass is 267 g/mol. The van der Waals surface area contributed by atoms with Crippen LogP contribution in [0.1, 0.15) is 22.9 Å². The smallest absolute Gasteiger partial charge is 0.119 e. The highest BCUT2D eigenvalue weighted by Crippen LogP contribution is 2.31. The molecule has 0 saturated carbocycles. The summed E-state index contributed by atoms with van der Waals surface area (Å²) < 4.78 is 0. The quantitative estimate of drug-likeness (QED) is 0.896. The lowest BCUT2D eigenvalue weighted by molar-refractivity contribution is 0.468. The molecule has 4 nitrogen and oxygen atoms in total. The first-order chi connectivity index (χ1) is 9.75. The van der Waals surface area contributed by atoms with Gasteiger partial charge < -0.3 is 10.4 Å². The van der Waals surface area contributed by atoms with Gasteiger partial charge >= 0.3 is 0 Å². The van der Waals surface area contributed by atoms with E-state index in [1.165, 1.54) is 0 Å². The summed E-state index contributed by atoms with van der Waals surface area (Å²) >= 11 is 0. The Balaban J connectivity index is 2.11. The number of aliphatic imine (C=N–C) groups is 1. The van der Waals surface area contributed by atoms with Crippen molar-refractivity contribution in [2.24, 2.45) is 4.99 Å². The molecule has 4 heteroatoms. The SMILES string of the molecule is Cc1cccc(C(C2=NCCN2)c2ccccc2O)n1. The van der Waals surface area contributed by atoms with Crippen molar-refractivity contribution in [1.82, 2.24) is 10.3 Å². The molecule has 2 aromatic rings. The number of phenols is 1. The summed E-state index contributed by atoms with van der Waals surface area (Å²) in [5.74, 6) is 1.01. The Kier molecular flexibility index (Phi) is 3.37. The molecule has 1 aromatic heterocycles. The van der Waals surface area contributed by atoms with Gasteiger partial charge in [-0.25, -0.2) is 0 Å². The van der Waals surface area contributed by atoms with Crippen molar-refractivity contribution in [3.8, 4) is 5.75 Å². The van der Waals surface area contributed by atoms with Crippen LogP contribution in [0.15, 0.2) is 47.5 Å². The van der Waals surface area contributed by atoms with Gasteiger partial charge in [-0.15, -0.1) is 0 Å².